The van der Waals surface area contributed by atoms with E-state index in [1.807, 2.05) is 6.07 Å². The lowest BCUT2D eigenvalue weighted by molar-refractivity contribution is 0.550. The molecule has 0 aliphatic heterocycles. The molecule has 18 heavy (non-hydrogen) atoms. The highest BCUT2D eigenvalue weighted by Gasteiger charge is 2.12. The SMILES string of the molecule is CCC(C)CS(=O)Cc1nc2ccc(N)cc2o1. The van der Waals surface area contributed by atoms with Gasteiger partial charge in [0.05, 0.1) is 0 Å². The number of nitrogens with zero attached hydrogens (tertiary/aromatic N) is 1. The Morgan fingerprint density at radius 1 is 1.50 bits per heavy atom. The minimum atomic E-state index is -0.921. The molecule has 98 valence electrons. The van der Waals surface area contributed by atoms with Gasteiger partial charge in [-0.15, -0.1) is 0 Å². The summed E-state index contributed by atoms with van der Waals surface area (Å²) >= 11 is 0. The third-order valence-electron chi connectivity index (χ3n) is 2.91. The Bertz CT molecular complexity index is 565. The molecule has 0 amide bonds. The fourth-order valence-electron chi connectivity index (χ4n) is 1.68. The number of nitrogen functional groups attached to an aromatic ring is 1. The van der Waals surface area contributed by atoms with Gasteiger partial charge in [0.1, 0.15) is 11.3 Å². The molecule has 0 aliphatic carbocycles. The Hall–Kier alpha value is -1.36. The van der Waals surface area contributed by atoms with Crippen LogP contribution in [0.4, 0.5) is 5.69 Å². The van der Waals surface area contributed by atoms with Gasteiger partial charge in [0.25, 0.3) is 0 Å². The number of rotatable bonds is 5. The monoisotopic (exact) mass is 266 g/mol. The Balaban J connectivity index is 2.10. The number of oxazole rings is 1. The van der Waals surface area contributed by atoms with Crippen LogP contribution in [0.1, 0.15) is 26.2 Å². The minimum Gasteiger partial charge on any atom is -0.440 e. The van der Waals surface area contributed by atoms with Gasteiger partial charge in [-0.05, 0) is 18.1 Å². The van der Waals surface area contributed by atoms with Crippen molar-refractivity contribution in [3.8, 4) is 0 Å². The molecule has 1 aromatic heterocycles. The van der Waals surface area contributed by atoms with Crippen LogP contribution in [0.2, 0.25) is 0 Å². The maximum absolute atomic E-state index is 11.9. The molecule has 2 atom stereocenters. The van der Waals surface area contributed by atoms with Gasteiger partial charge in [-0.1, -0.05) is 20.3 Å². The van der Waals surface area contributed by atoms with E-state index in [1.165, 1.54) is 0 Å². The highest BCUT2D eigenvalue weighted by atomic mass is 32.2. The molecule has 2 unspecified atom stereocenters. The smallest absolute Gasteiger partial charge is 0.208 e. The molecule has 0 fully saturated rings. The van der Waals surface area contributed by atoms with E-state index in [2.05, 4.69) is 18.8 Å². The quantitative estimate of drug-likeness (QED) is 0.845. The molecule has 2 aromatic rings. The van der Waals surface area contributed by atoms with E-state index in [4.69, 9.17) is 10.2 Å². The van der Waals surface area contributed by atoms with Gasteiger partial charge in [0, 0.05) is 28.3 Å². The molecule has 0 spiro atoms. The Kier molecular flexibility index (Phi) is 4.01. The molecule has 2 N–H and O–H groups in total. The van der Waals surface area contributed by atoms with Crippen molar-refractivity contribution in [2.24, 2.45) is 5.92 Å². The summed E-state index contributed by atoms with van der Waals surface area (Å²) in [6.07, 6.45) is 1.04. The number of hydrogen-bond donors (Lipinski definition) is 1. The van der Waals surface area contributed by atoms with Crippen LogP contribution in [0.15, 0.2) is 22.6 Å². The van der Waals surface area contributed by atoms with Crippen molar-refractivity contribution in [2.75, 3.05) is 11.5 Å². The lowest BCUT2D eigenvalue weighted by Gasteiger charge is -2.05. The molecule has 0 saturated carbocycles. The molecule has 5 heteroatoms. The van der Waals surface area contributed by atoms with Gasteiger partial charge in [-0.25, -0.2) is 4.98 Å². The first-order chi connectivity index (χ1) is 8.58. The van der Waals surface area contributed by atoms with Crippen LogP contribution in [0.25, 0.3) is 11.1 Å². The molecule has 0 saturated heterocycles. The third-order valence-corrected chi connectivity index (χ3v) is 4.42. The summed E-state index contributed by atoms with van der Waals surface area (Å²) in [5, 5.41) is 0. The van der Waals surface area contributed by atoms with Crippen LogP contribution < -0.4 is 5.73 Å². The van der Waals surface area contributed by atoms with Gasteiger partial charge < -0.3 is 10.2 Å². The van der Waals surface area contributed by atoms with E-state index in [9.17, 15) is 4.21 Å². The first-order valence-corrected chi connectivity index (χ1v) is 7.57. The number of fused-ring (bicyclic) bond motifs is 1. The lowest BCUT2D eigenvalue weighted by Crippen LogP contribution is -2.08. The average Bonchev–Trinajstić information content (AvgIpc) is 2.69. The third kappa shape index (κ3) is 3.10. The highest BCUT2D eigenvalue weighted by Crippen LogP contribution is 2.19. The van der Waals surface area contributed by atoms with Crippen molar-refractivity contribution in [1.29, 1.82) is 0 Å². The topological polar surface area (TPSA) is 69.1 Å². The number of hydrogen-bond acceptors (Lipinski definition) is 4. The minimum absolute atomic E-state index is 0.374. The normalized spacial score (nSPS) is 14.8. The predicted molar refractivity (Wildman–Crippen MR) is 74.6 cm³/mol. The van der Waals surface area contributed by atoms with Crippen molar-refractivity contribution in [2.45, 2.75) is 26.0 Å². The van der Waals surface area contributed by atoms with Gasteiger partial charge in [-0.2, -0.15) is 0 Å². The van der Waals surface area contributed by atoms with Crippen molar-refractivity contribution in [1.82, 2.24) is 4.98 Å². The second-order valence-corrected chi connectivity index (χ2v) is 6.10. The van der Waals surface area contributed by atoms with Crippen LogP contribution in [-0.4, -0.2) is 14.9 Å². The molecule has 1 aromatic carbocycles. The zero-order valence-corrected chi connectivity index (χ0v) is 11.5. The second kappa shape index (κ2) is 5.52. The summed E-state index contributed by atoms with van der Waals surface area (Å²) in [5.41, 5.74) is 7.74. The largest absolute Gasteiger partial charge is 0.440 e. The van der Waals surface area contributed by atoms with Crippen molar-refractivity contribution < 1.29 is 8.63 Å². The zero-order chi connectivity index (χ0) is 13.1. The van der Waals surface area contributed by atoms with Crippen molar-refractivity contribution >= 4 is 27.6 Å². The summed E-state index contributed by atoms with van der Waals surface area (Å²) in [7, 11) is -0.921. The van der Waals surface area contributed by atoms with Gasteiger partial charge in [0.2, 0.25) is 5.89 Å². The summed E-state index contributed by atoms with van der Waals surface area (Å²) < 4.78 is 17.5. The standard InChI is InChI=1S/C13H18N2O2S/c1-3-9(2)7-18(16)8-13-15-11-5-4-10(14)6-12(11)17-13/h4-6,9H,3,7-8,14H2,1-2H3. The summed E-state index contributed by atoms with van der Waals surface area (Å²) in [6.45, 7) is 4.20. The van der Waals surface area contributed by atoms with Crippen molar-refractivity contribution in [3.63, 3.8) is 0 Å². The molecular formula is C13H18N2O2S. The number of benzene rings is 1. The molecule has 1 heterocycles. The van der Waals surface area contributed by atoms with Gasteiger partial charge in [-0.3, -0.25) is 4.21 Å². The maximum atomic E-state index is 11.9. The Morgan fingerprint density at radius 2 is 2.28 bits per heavy atom. The summed E-state index contributed by atoms with van der Waals surface area (Å²) in [5.74, 6) is 2.05. The molecule has 0 bridgehead atoms. The van der Waals surface area contributed by atoms with E-state index in [0.717, 1.165) is 11.9 Å². The lowest BCUT2D eigenvalue weighted by atomic mass is 10.2. The zero-order valence-electron chi connectivity index (χ0n) is 10.7. The maximum Gasteiger partial charge on any atom is 0.208 e. The van der Waals surface area contributed by atoms with E-state index in [1.54, 1.807) is 12.1 Å². The van der Waals surface area contributed by atoms with Crippen molar-refractivity contribution in [3.05, 3.63) is 24.1 Å². The van der Waals surface area contributed by atoms with E-state index >= 15 is 0 Å². The molecule has 4 nitrogen and oxygen atoms in total. The van der Waals surface area contributed by atoms with Gasteiger partial charge in [0.15, 0.2) is 5.58 Å². The number of nitrogens with two attached hydrogens (primary N) is 1. The van der Waals surface area contributed by atoms with Crippen LogP contribution >= 0.6 is 0 Å². The Labute approximate surface area is 109 Å². The fraction of sp³-hybridized carbons (Fsp3) is 0.462. The first-order valence-electron chi connectivity index (χ1n) is 6.08. The van der Waals surface area contributed by atoms with E-state index < -0.39 is 10.8 Å². The van der Waals surface area contributed by atoms with Crippen LogP contribution in [0.3, 0.4) is 0 Å². The van der Waals surface area contributed by atoms with Gasteiger partial charge >= 0.3 is 0 Å². The second-order valence-electron chi connectivity index (χ2n) is 4.60. The van der Waals surface area contributed by atoms with E-state index in [0.29, 0.717) is 34.6 Å². The molecule has 0 radical (unpaired) electrons. The van der Waals surface area contributed by atoms with Crippen LogP contribution in [-0.2, 0) is 16.6 Å². The summed E-state index contributed by atoms with van der Waals surface area (Å²) in [6, 6.07) is 5.34. The van der Waals surface area contributed by atoms with Crippen LogP contribution in [0, 0.1) is 5.92 Å². The Morgan fingerprint density at radius 3 is 3.00 bits per heavy atom. The fourth-order valence-corrected chi connectivity index (χ4v) is 3.07. The molecule has 0 aliphatic rings. The highest BCUT2D eigenvalue weighted by molar-refractivity contribution is 7.84. The predicted octanol–water partition coefficient (Wildman–Crippen LogP) is 2.70. The first kappa shape index (κ1) is 13.1. The average molecular weight is 266 g/mol. The molecular weight excluding hydrogens is 248 g/mol. The molecule has 2 rings (SSSR count). The number of aromatic nitrogens is 1. The number of anilines is 1. The van der Waals surface area contributed by atoms with E-state index in [-0.39, 0.29) is 0 Å². The van der Waals surface area contributed by atoms with Crippen LogP contribution in [0.5, 0.6) is 0 Å². The summed E-state index contributed by atoms with van der Waals surface area (Å²) in [4.78, 5) is 4.31.